The number of hydrogen-bond donors (Lipinski definition) is 2. The van der Waals surface area contributed by atoms with Crippen molar-refractivity contribution in [2.75, 3.05) is 17.7 Å². The average molecular weight is 577 g/mol. The van der Waals surface area contributed by atoms with Gasteiger partial charge in [-0.25, -0.2) is 4.79 Å². The molecule has 0 aliphatic rings. The first-order chi connectivity index (χ1) is 18.2. The van der Waals surface area contributed by atoms with Crippen molar-refractivity contribution in [2.45, 2.75) is 38.0 Å². The van der Waals surface area contributed by atoms with Gasteiger partial charge in [0.15, 0.2) is 11.0 Å². The van der Waals surface area contributed by atoms with Crippen molar-refractivity contribution in [3.8, 4) is 0 Å². The largest absolute Gasteiger partial charge is 0.462 e. The van der Waals surface area contributed by atoms with Gasteiger partial charge in [-0.3, -0.25) is 9.59 Å². The Hall–Kier alpha value is -3.34. The smallest absolute Gasteiger partial charge is 0.338 e. The van der Waals surface area contributed by atoms with E-state index >= 15 is 0 Å². The van der Waals surface area contributed by atoms with Crippen molar-refractivity contribution in [1.82, 2.24) is 20.1 Å². The van der Waals surface area contributed by atoms with Crippen LogP contribution in [0.15, 0.2) is 60.3 Å². The summed E-state index contributed by atoms with van der Waals surface area (Å²) in [7, 11) is 0. The highest BCUT2D eigenvalue weighted by molar-refractivity contribution is 7.99. The van der Waals surface area contributed by atoms with Crippen molar-refractivity contribution < 1.29 is 19.1 Å². The van der Waals surface area contributed by atoms with Gasteiger partial charge in [-0.1, -0.05) is 54.0 Å². The molecular weight excluding hydrogens is 549 g/mol. The Balaban J connectivity index is 1.64. The predicted molar refractivity (Wildman–Crippen MR) is 149 cm³/mol. The van der Waals surface area contributed by atoms with E-state index in [1.54, 1.807) is 54.0 Å². The van der Waals surface area contributed by atoms with Gasteiger partial charge in [0.05, 0.1) is 34.6 Å². The predicted octanol–water partition coefficient (Wildman–Crippen LogP) is 5.56. The molecule has 2 N–H and O–H groups in total. The minimum atomic E-state index is -0.514. The van der Waals surface area contributed by atoms with Crippen LogP contribution in [0.3, 0.4) is 0 Å². The zero-order valence-electron chi connectivity index (χ0n) is 20.9. The first-order valence-electron chi connectivity index (χ1n) is 11.7. The minimum absolute atomic E-state index is 0.0426. The summed E-state index contributed by atoms with van der Waals surface area (Å²) in [5.41, 5.74) is 1.12. The highest BCUT2D eigenvalue weighted by Gasteiger charge is 2.21. The van der Waals surface area contributed by atoms with Crippen LogP contribution in [0, 0.1) is 0 Å². The number of allylic oxidation sites excluding steroid dienone is 1. The second-order valence-corrected chi connectivity index (χ2v) is 9.90. The van der Waals surface area contributed by atoms with Crippen LogP contribution in [0.5, 0.6) is 0 Å². The fraction of sp³-hybridized carbons (Fsp3) is 0.269. The lowest BCUT2D eigenvalue weighted by Crippen LogP contribution is -2.29. The summed E-state index contributed by atoms with van der Waals surface area (Å²) in [5.74, 6) is -0.586. The molecule has 2 amide bonds. The zero-order valence-corrected chi connectivity index (χ0v) is 23.2. The van der Waals surface area contributed by atoms with Crippen molar-refractivity contribution >= 4 is 58.4 Å². The summed E-state index contributed by atoms with van der Waals surface area (Å²) in [5, 5.41) is 15.2. The fourth-order valence-electron chi connectivity index (χ4n) is 3.37. The van der Waals surface area contributed by atoms with Crippen molar-refractivity contribution in [1.29, 1.82) is 0 Å². The van der Waals surface area contributed by atoms with Gasteiger partial charge < -0.3 is 19.9 Å². The number of hydrogen-bond acceptors (Lipinski definition) is 7. The number of benzene rings is 2. The Kier molecular flexibility index (Phi) is 10.8. The molecular formula is C26H27Cl2N5O4S. The van der Waals surface area contributed by atoms with Gasteiger partial charge in [0, 0.05) is 17.3 Å². The van der Waals surface area contributed by atoms with Crippen molar-refractivity contribution in [2.24, 2.45) is 0 Å². The molecule has 3 aromatic rings. The molecule has 0 aliphatic carbocycles. The number of rotatable bonds is 12. The van der Waals surface area contributed by atoms with Crippen LogP contribution in [0.1, 0.15) is 52.9 Å². The molecule has 38 heavy (non-hydrogen) atoms. The van der Waals surface area contributed by atoms with Crippen LogP contribution in [0.25, 0.3) is 0 Å². The SMILES string of the molecule is C=CCn1c(SCC(=O)Nc2cccc(C(=O)OCCC)c2)nnc1[C@@H](C)NC(=O)c1ccc(Cl)cc1Cl. The average Bonchev–Trinajstić information content (AvgIpc) is 3.29. The van der Waals surface area contributed by atoms with Gasteiger partial charge in [-0.2, -0.15) is 0 Å². The van der Waals surface area contributed by atoms with Gasteiger partial charge in [-0.05, 0) is 49.7 Å². The number of halogens is 2. The molecule has 1 aromatic heterocycles. The molecule has 0 unspecified atom stereocenters. The monoisotopic (exact) mass is 575 g/mol. The zero-order chi connectivity index (χ0) is 27.7. The molecule has 0 fully saturated rings. The molecule has 2 aromatic carbocycles. The van der Waals surface area contributed by atoms with E-state index in [4.69, 9.17) is 27.9 Å². The molecule has 0 aliphatic heterocycles. The summed E-state index contributed by atoms with van der Waals surface area (Å²) in [6.45, 7) is 8.16. The highest BCUT2D eigenvalue weighted by Crippen LogP contribution is 2.24. The molecule has 0 saturated carbocycles. The van der Waals surface area contributed by atoms with Gasteiger partial charge in [0.25, 0.3) is 5.91 Å². The molecule has 9 nitrogen and oxygen atoms in total. The maximum Gasteiger partial charge on any atom is 0.338 e. The van der Waals surface area contributed by atoms with Crippen LogP contribution < -0.4 is 10.6 Å². The van der Waals surface area contributed by atoms with Gasteiger partial charge in [0.2, 0.25) is 5.91 Å². The molecule has 3 rings (SSSR count). The Morgan fingerprint density at radius 1 is 1.18 bits per heavy atom. The van der Waals surface area contributed by atoms with E-state index in [0.717, 1.165) is 6.42 Å². The van der Waals surface area contributed by atoms with Crippen LogP contribution in [-0.2, 0) is 16.1 Å². The second-order valence-electron chi connectivity index (χ2n) is 8.11. The molecule has 200 valence electrons. The Morgan fingerprint density at radius 3 is 2.68 bits per heavy atom. The normalized spacial score (nSPS) is 11.5. The number of nitrogens with one attached hydrogen (secondary N) is 2. The quantitative estimate of drug-likeness (QED) is 0.165. The summed E-state index contributed by atoms with van der Waals surface area (Å²) < 4.78 is 6.91. The van der Waals surface area contributed by atoms with Crippen LogP contribution in [0.2, 0.25) is 10.0 Å². The number of carbonyl (C=O) groups excluding carboxylic acids is 3. The van der Waals surface area contributed by atoms with E-state index in [-0.39, 0.29) is 28.2 Å². The number of carbonyl (C=O) groups is 3. The molecule has 0 saturated heterocycles. The lowest BCUT2D eigenvalue weighted by molar-refractivity contribution is -0.113. The van der Waals surface area contributed by atoms with E-state index in [9.17, 15) is 14.4 Å². The van der Waals surface area contributed by atoms with Gasteiger partial charge in [-0.15, -0.1) is 16.8 Å². The maximum absolute atomic E-state index is 12.7. The van der Waals surface area contributed by atoms with Crippen LogP contribution in [0.4, 0.5) is 5.69 Å². The van der Waals surface area contributed by atoms with E-state index in [1.165, 1.54) is 17.8 Å². The first-order valence-corrected chi connectivity index (χ1v) is 13.5. The number of aromatic nitrogens is 3. The fourth-order valence-corrected chi connectivity index (χ4v) is 4.62. The Labute approximate surface area is 234 Å². The Morgan fingerprint density at radius 2 is 1.97 bits per heavy atom. The third kappa shape index (κ3) is 7.83. The summed E-state index contributed by atoms with van der Waals surface area (Å²) in [6.07, 6.45) is 2.39. The number of nitrogens with zero attached hydrogens (tertiary/aromatic N) is 3. The lowest BCUT2D eigenvalue weighted by atomic mass is 10.2. The molecule has 0 radical (unpaired) electrons. The lowest BCUT2D eigenvalue weighted by Gasteiger charge is -2.16. The van der Waals surface area contributed by atoms with Crippen LogP contribution in [-0.4, -0.2) is 44.9 Å². The van der Waals surface area contributed by atoms with E-state index in [1.807, 2.05) is 6.92 Å². The second kappa shape index (κ2) is 14.0. The van der Waals surface area contributed by atoms with Gasteiger partial charge in [0.1, 0.15) is 0 Å². The van der Waals surface area contributed by atoms with E-state index < -0.39 is 12.0 Å². The number of esters is 1. The molecule has 1 atom stereocenters. The summed E-state index contributed by atoms with van der Waals surface area (Å²) >= 11 is 13.3. The standard InChI is InChI=1S/C26H27Cl2N5O4S/c1-4-11-33-23(16(3)29-24(35)20-10-9-18(27)14-21(20)28)31-32-26(33)38-15-22(34)30-19-8-6-7-17(13-19)25(36)37-12-5-2/h4,6-10,13-14,16H,1,5,11-12,15H2,2-3H3,(H,29,35)(H,30,34)/t16-/m1/s1. The summed E-state index contributed by atoms with van der Waals surface area (Å²) in [4.78, 5) is 37.4. The van der Waals surface area contributed by atoms with Crippen molar-refractivity contribution in [3.05, 3.63) is 82.1 Å². The number of ether oxygens (including phenoxy) is 1. The maximum atomic E-state index is 12.7. The first kappa shape index (κ1) is 29.2. The number of amides is 2. The molecule has 12 heteroatoms. The summed E-state index contributed by atoms with van der Waals surface area (Å²) in [6, 6.07) is 10.7. The minimum Gasteiger partial charge on any atom is -0.462 e. The van der Waals surface area contributed by atoms with Crippen LogP contribution >= 0.6 is 35.0 Å². The third-order valence-corrected chi connectivity index (χ3v) is 6.63. The number of thioether (sulfide) groups is 1. The van der Waals surface area contributed by atoms with E-state index in [0.29, 0.717) is 40.4 Å². The van der Waals surface area contributed by atoms with E-state index in [2.05, 4.69) is 27.4 Å². The molecule has 0 spiro atoms. The molecule has 1 heterocycles. The van der Waals surface area contributed by atoms with Gasteiger partial charge >= 0.3 is 5.97 Å². The Bertz CT molecular complexity index is 1330. The third-order valence-electron chi connectivity index (χ3n) is 5.12. The number of anilines is 1. The molecule has 0 bridgehead atoms. The topological polar surface area (TPSA) is 115 Å². The van der Waals surface area contributed by atoms with Crippen molar-refractivity contribution in [3.63, 3.8) is 0 Å². The highest BCUT2D eigenvalue weighted by atomic mass is 35.5.